The quantitative estimate of drug-likeness (QED) is 0.230. The molecule has 4 N–H and O–H groups in total. The molecule has 0 fully saturated rings. The number of halogens is 1. The Labute approximate surface area is 281 Å². The van der Waals surface area contributed by atoms with Crippen molar-refractivity contribution < 1.29 is 33.4 Å². The Bertz CT molecular complexity index is 1510. The van der Waals surface area contributed by atoms with Crippen molar-refractivity contribution in [2.75, 3.05) is 49.3 Å². The maximum atomic E-state index is 14.3. The summed E-state index contributed by atoms with van der Waals surface area (Å²) in [5.74, 6) is -0.681. The number of para-hydroxylation sites is 1. The van der Waals surface area contributed by atoms with Crippen LogP contribution in [0.4, 0.5) is 31.0 Å². The number of urea groups is 2. The lowest BCUT2D eigenvalue weighted by molar-refractivity contribution is -0.0115. The lowest BCUT2D eigenvalue weighted by Gasteiger charge is -2.35. The molecule has 0 saturated carbocycles. The third kappa shape index (κ3) is 10.4. The van der Waals surface area contributed by atoms with Crippen LogP contribution in [-0.4, -0.2) is 84.5 Å². The molecule has 3 aromatic carbocycles. The molecule has 0 aromatic heterocycles. The first kappa shape index (κ1) is 36.2. The first-order valence-electron chi connectivity index (χ1n) is 16.3. The second kappa shape index (κ2) is 17.5. The van der Waals surface area contributed by atoms with Crippen LogP contribution in [0.15, 0.2) is 72.8 Å². The van der Waals surface area contributed by atoms with Gasteiger partial charge in [-0.2, -0.15) is 0 Å². The molecule has 1 aliphatic rings. The molecule has 11 nitrogen and oxygen atoms in total. The summed E-state index contributed by atoms with van der Waals surface area (Å²) >= 11 is 0. The van der Waals surface area contributed by atoms with Crippen molar-refractivity contribution in [2.24, 2.45) is 5.92 Å². The zero-order chi connectivity index (χ0) is 34.6. The topological polar surface area (TPSA) is 132 Å². The molecular weight excluding hydrogens is 617 g/mol. The Kier molecular flexibility index (Phi) is 13.2. The van der Waals surface area contributed by atoms with Crippen LogP contribution in [0.5, 0.6) is 5.75 Å². The van der Waals surface area contributed by atoms with Crippen LogP contribution >= 0.6 is 0 Å². The fourth-order valence-electron chi connectivity index (χ4n) is 5.38. The van der Waals surface area contributed by atoms with Gasteiger partial charge in [-0.15, -0.1) is 0 Å². The number of rotatable bonds is 7. The predicted octanol–water partition coefficient (Wildman–Crippen LogP) is 6.43. The number of aliphatic hydroxyl groups excluding tert-OH is 1. The average Bonchev–Trinajstić information content (AvgIpc) is 3.07. The molecule has 1 heterocycles. The summed E-state index contributed by atoms with van der Waals surface area (Å²) in [5, 5.41) is 18.5. The summed E-state index contributed by atoms with van der Waals surface area (Å²) in [6.45, 7) is 6.34. The number of hydrogen-bond acceptors (Lipinski definition) is 6. The maximum absolute atomic E-state index is 14.3. The van der Waals surface area contributed by atoms with Gasteiger partial charge >= 0.3 is 12.1 Å². The van der Waals surface area contributed by atoms with Crippen LogP contribution in [0.3, 0.4) is 0 Å². The molecule has 0 saturated heterocycles. The summed E-state index contributed by atoms with van der Waals surface area (Å²) in [6, 6.07) is 18.0. The number of anilines is 3. The van der Waals surface area contributed by atoms with E-state index in [2.05, 4.69) is 16.0 Å². The van der Waals surface area contributed by atoms with Crippen molar-refractivity contribution >= 4 is 35.0 Å². The largest absolute Gasteiger partial charge is 0.490 e. The van der Waals surface area contributed by atoms with Crippen molar-refractivity contribution in [1.82, 2.24) is 9.80 Å². The van der Waals surface area contributed by atoms with Crippen molar-refractivity contribution in [2.45, 2.75) is 58.3 Å². The molecule has 0 bridgehead atoms. The van der Waals surface area contributed by atoms with Crippen LogP contribution in [0.1, 0.15) is 50.4 Å². The number of amides is 5. The Morgan fingerprint density at radius 2 is 1.65 bits per heavy atom. The molecule has 4 atom stereocenters. The number of nitrogens with one attached hydrogen (secondary N) is 3. The normalized spacial score (nSPS) is 19.6. The van der Waals surface area contributed by atoms with Gasteiger partial charge in [0.1, 0.15) is 11.6 Å². The molecule has 0 aliphatic carbocycles. The number of hydrogen-bond donors (Lipinski definition) is 4. The number of carbonyl (C=O) groups excluding carboxylic acids is 3. The van der Waals surface area contributed by atoms with Crippen LogP contribution in [0.25, 0.3) is 0 Å². The monoisotopic (exact) mass is 663 g/mol. The minimum Gasteiger partial charge on any atom is -0.490 e. The molecule has 4 rings (SSSR count). The second-order valence-electron chi connectivity index (χ2n) is 12.3. The van der Waals surface area contributed by atoms with E-state index in [1.807, 2.05) is 44.2 Å². The van der Waals surface area contributed by atoms with E-state index in [9.17, 15) is 23.9 Å². The highest BCUT2D eigenvalue weighted by atomic mass is 19.1. The van der Waals surface area contributed by atoms with Gasteiger partial charge in [0.2, 0.25) is 0 Å². The van der Waals surface area contributed by atoms with Gasteiger partial charge in [0.05, 0.1) is 30.4 Å². The molecule has 48 heavy (non-hydrogen) atoms. The van der Waals surface area contributed by atoms with Crippen molar-refractivity contribution in [1.29, 1.82) is 0 Å². The Balaban J connectivity index is 1.57. The first-order valence-corrected chi connectivity index (χ1v) is 16.3. The third-order valence-electron chi connectivity index (χ3n) is 8.24. The van der Waals surface area contributed by atoms with E-state index < -0.39 is 24.0 Å². The number of nitrogens with zero attached hydrogens (tertiary/aromatic N) is 2. The lowest BCUT2D eigenvalue weighted by Crippen LogP contribution is -2.48. The van der Waals surface area contributed by atoms with E-state index in [1.54, 1.807) is 42.0 Å². The number of carbonyl (C=O) groups is 3. The number of aliphatic hydroxyl groups is 1. The zero-order valence-corrected chi connectivity index (χ0v) is 27.9. The smallest absolute Gasteiger partial charge is 0.323 e. The fraction of sp³-hybridized carbons (Fsp3) is 0.417. The second-order valence-corrected chi connectivity index (χ2v) is 12.3. The molecule has 258 valence electrons. The first-order chi connectivity index (χ1) is 23.0. The van der Waals surface area contributed by atoms with E-state index in [4.69, 9.17) is 9.47 Å². The van der Waals surface area contributed by atoms with Crippen molar-refractivity contribution in [3.63, 3.8) is 0 Å². The standard InChI is InChI=1S/C36H46FN5O6/c1-24-21-42(25(2)23-43)34(44)31-20-30(39-35(45)38-29-15-13-27(37)14-16-29)17-18-32(31)48-26(3)10-8-9-19-47-33(24)22-41(4)36(46)40-28-11-6-5-7-12-28/h5-7,11-18,20,24-26,33,43H,8-10,19,21-23H2,1-4H3,(H,40,46)(H2,38,39,45)/t24-,25-,26-,33+/m0/s1. The van der Waals surface area contributed by atoms with Gasteiger partial charge in [0.25, 0.3) is 5.91 Å². The number of fused-ring (bicyclic) bond motifs is 1. The van der Waals surface area contributed by atoms with Crippen LogP contribution in [-0.2, 0) is 4.74 Å². The Morgan fingerprint density at radius 3 is 2.35 bits per heavy atom. The molecule has 12 heteroatoms. The predicted molar refractivity (Wildman–Crippen MR) is 184 cm³/mol. The molecule has 0 spiro atoms. The number of likely N-dealkylation sites (N-methyl/N-ethyl adjacent to an activating group) is 1. The fourth-order valence-corrected chi connectivity index (χ4v) is 5.38. The summed E-state index contributed by atoms with van der Waals surface area (Å²) in [7, 11) is 1.70. The summed E-state index contributed by atoms with van der Waals surface area (Å²) in [5.41, 5.74) is 1.65. The van der Waals surface area contributed by atoms with Crippen molar-refractivity contribution in [3.8, 4) is 5.75 Å². The van der Waals surface area contributed by atoms with Gasteiger partial charge in [0, 0.05) is 49.7 Å². The minimum absolute atomic E-state index is 0.216. The number of benzene rings is 3. The van der Waals surface area contributed by atoms with Gasteiger partial charge in [-0.05, 0) is 87.7 Å². The molecule has 0 radical (unpaired) electrons. The van der Waals surface area contributed by atoms with E-state index in [1.165, 1.54) is 24.3 Å². The molecule has 3 aromatic rings. The zero-order valence-electron chi connectivity index (χ0n) is 27.9. The van der Waals surface area contributed by atoms with Crippen LogP contribution < -0.4 is 20.7 Å². The van der Waals surface area contributed by atoms with E-state index in [-0.39, 0.29) is 49.2 Å². The lowest BCUT2D eigenvalue weighted by atomic mass is 10.0. The van der Waals surface area contributed by atoms with Gasteiger partial charge in [-0.3, -0.25) is 4.79 Å². The molecule has 0 unspecified atom stereocenters. The molecular formula is C36H46FN5O6. The van der Waals surface area contributed by atoms with Crippen LogP contribution in [0.2, 0.25) is 0 Å². The Morgan fingerprint density at radius 1 is 0.979 bits per heavy atom. The highest BCUT2D eigenvalue weighted by molar-refractivity contribution is 6.02. The maximum Gasteiger partial charge on any atom is 0.323 e. The van der Waals surface area contributed by atoms with E-state index in [0.29, 0.717) is 35.8 Å². The van der Waals surface area contributed by atoms with Gasteiger partial charge in [0.15, 0.2) is 0 Å². The summed E-state index contributed by atoms with van der Waals surface area (Å²) in [6.07, 6.45) is 1.70. The van der Waals surface area contributed by atoms with Gasteiger partial charge in [-0.25, -0.2) is 14.0 Å². The SMILES string of the molecule is C[C@H]1CCCCO[C@H](CN(C)C(=O)Nc2ccccc2)[C@@H](C)CN([C@@H](C)CO)C(=O)c2cc(NC(=O)Nc3ccc(F)cc3)ccc2O1. The minimum atomic E-state index is -0.571. The van der Waals surface area contributed by atoms with E-state index >= 15 is 0 Å². The van der Waals surface area contributed by atoms with Crippen molar-refractivity contribution in [3.05, 3.63) is 84.2 Å². The van der Waals surface area contributed by atoms with Gasteiger partial charge < -0.3 is 40.3 Å². The van der Waals surface area contributed by atoms with Crippen LogP contribution in [0, 0.1) is 11.7 Å². The summed E-state index contributed by atoms with van der Waals surface area (Å²) < 4.78 is 25.9. The molecule has 5 amide bonds. The Hall–Kier alpha value is -4.68. The highest BCUT2D eigenvalue weighted by Gasteiger charge is 2.31. The number of ether oxygens (including phenoxy) is 2. The third-order valence-corrected chi connectivity index (χ3v) is 8.24. The van der Waals surface area contributed by atoms with Gasteiger partial charge in [-0.1, -0.05) is 25.1 Å². The van der Waals surface area contributed by atoms with E-state index in [0.717, 1.165) is 12.8 Å². The molecule has 1 aliphatic heterocycles. The highest BCUT2D eigenvalue weighted by Crippen LogP contribution is 2.29. The average molecular weight is 664 g/mol. The summed E-state index contributed by atoms with van der Waals surface area (Å²) in [4.78, 5) is 43.2.